The van der Waals surface area contributed by atoms with Gasteiger partial charge in [0.15, 0.2) is 0 Å². The Kier molecular flexibility index (Phi) is 5.91. The molecule has 0 spiro atoms. The molecule has 0 amide bonds. The van der Waals surface area contributed by atoms with E-state index < -0.39 is 0 Å². The van der Waals surface area contributed by atoms with Gasteiger partial charge in [0, 0.05) is 22.3 Å². The number of benzene rings is 3. The van der Waals surface area contributed by atoms with E-state index in [1.807, 2.05) is 72.8 Å². The molecule has 3 aromatic rings. The highest BCUT2D eigenvalue weighted by atomic mass is 16.5. The lowest BCUT2D eigenvalue weighted by Gasteiger charge is -2.10. The molecule has 0 heterocycles. The van der Waals surface area contributed by atoms with Crippen molar-refractivity contribution >= 4 is 11.4 Å². The van der Waals surface area contributed by atoms with Crippen LogP contribution in [-0.4, -0.2) is 25.6 Å². The molecule has 142 valence electrons. The number of hydrogen-bond donors (Lipinski definition) is 2. The third kappa shape index (κ3) is 3.96. The fraction of sp³-hybridized carbons (Fsp3) is 0.0909. The van der Waals surface area contributed by atoms with Crippen LogP contribution in [0.4, 0.5) is 0 Å². The monoisotopic (exact) mass is 374 g/mol. The average molecular weight is 374 g/mol. The molecule has 3 rings (SSSR count). The van der Waals surface area contributed by atoms with Crippen LogP contribution in [0.1, 0.15) is 22.3 Å². The Morgan fingerprint density at radius 2 is 0.786 bits per heavy atom. The normalized spacial score (nSPS) is 11.9. The van der Waals surface area contributed by atoms with Crippen molar-refractivity contribution in [2.45, 2.75) is 0 Å². The van der Waals surface area contributed by atoms with Gasteiger partial charge in [0.2, 0.25) is 0 Å². The van der Waals surface area contributed by atoms with E-state index in [2.05, 4.69) is 10.2 Å². The lowest BCUT2D eigenvalue weighted by molar-refractivity contribution is 0.414. The Morgan fingerprint density at radius 3 is 1.00 bits per heavy atom. The molecule has 0 aliphatic rings. The second-order valence-electron chi connectivity index (χ2n) is 5.99. The van der Waals surface area contributed by atoms with Crippen LogP contribution in [0.5, 0.6) is 11.5 Å². The van der Waals surface area contributed by atoms with E-state index in [9.17, 15) is 0 Å². The third-order valence-corrected chi connectivity index (χ3v) is 4.42. The molecular weight excluding hydrogens is 352 g/mol. The van der Waals surface area contributed by atoms with E-state index in [0.29, 0.717) is 11.4 Å². The largest absolute Gasteiger partial charge is 0.497 e. The van der Waals surface area contributed by atoms with Gasteiger partial charge in [-0.25, -0.2) is 0 Å². The molecule has 0 aliphatic heterocycles. The molecule has 3 aromatic carbocycles. The SMILES string of the molecule is COc1ccc(/C(=N\N)c2ccc(/C(=N\N)c3ccc(OC)cc3)cc2)cc1. The topological polar surface area (TPSA) is 95.2 Å². The van der Waals surface area contributed by atoms with Crippen molar-refractivity contribution in [3.05, 3.63) is 95.1 Å². The van der Waals surface area contributed by atoms with E-state index in [-0.39, 0.29) is 0 Å². The predicted octanol–water partition coefficient (Wildman–Crippen LogP) is 3.13. The number of rotatable bonds is 6. The number of nitrogens with two attached hydrogens (primary N) is 2. The molecule has 0 bridgehead atoms. The van der Waals surface area contributed by atoms with Crippen molar-refractivity contribution in [1.29, 1.82) is 0 Å². The van der Waals surface area contributed by atoms with Gasteiger partial charge >= 0.3 is 0 Å². The second kappa shape index (κ2) is 8.73. The van der Waals surface area contributed by atoms with Gasteiger partial charge in [-0.05, 0) is 48.5 Å². The molecule has 28 heavy (non-hydrogen) atoms. The minimum atomic E-state index is 0.685. The maximum absolute atomic E-state index is 5.65. The van der Waals surface area contributed by atoms with Gasteiger partial charge in [-0.2, -0.15) is 10.2 Å². The van der Waals surface area contributed by atoms with Crippen LogP contribution in [-0.2, 0) is 0 Å². The predicted molar refractivity (Wildman–Crippen MR) is 112 cm³/mol. The first kappa shape index (κ1) is 19.0. The first-order valence-corrected chi connectivity index (χ1v) is 8.65. The Morgan fingerprint density at radius 1 is 0.536 bits per heavy atom. The van der Waals surface area contributed by atoms with Crippen molar-refractivity contribution in [1.82, 2.24) is 0 Å². The van der Waals surface area contributed by atoms with E-state index in [4.69, 9.17) is 21.2 Å². The zero-order chi connectivity index (χ0) is 19.9. The number of hydrogen-bond acceptors (Lipinski definition) is 6. The molecule has 6 heteroatoms. The molecule has 0 atom stereocenters. The maximum Gasteiger partial charge on any atom is 0.118 e. The summed E-state index contributed by atoms with van der Waals surface area (Å²) < 4.78 is 10.4. The first-order chi connectivity index (χ1) is 13.7. The van der Waals surface area contributed by atoms with Crippen molar-refractivity contribution in [3.63, 3.8) is 0 Å². The number of nitrogens with zero attached hydrogens (tertiary/aromatic N) is 2. The molecule has 0 aliphatic carbocycles. The Labute approximate surface area is 164 Å². The molecule has 6 nitrogen and oxygen atoms in total. The molecule has 0 aromatic heterocycles. The van der Waals surface area contributed by atoms with Crippen LogP contribution >= 0.6 is 0 Å². The van der Waals surface area contributed by atoms with Crippen molar-refractivity contribution in [3.8, 4) is 11.5 Å². The first-order valence-electron chi connectivity index (χ1n) is 8.65. The summed E-state index contributed by atoms with van der Waals surface area (Å²) in [6.07, 6.45) is 0. The highest BCUT2D eigenvalue weighted by Gasteiger charge is 2.11. The van der Waals surface area contributed by atoms with E-state index in [1.54, 1.807) is 14.2 Å². The molecular formula is C22H22N4O2. The maximum atomic E-state index is 5.65. The average Bonchev–Trinajstić information content (AvgIpc) is 2.77. The van der Waals surface area contributed by atoms with Gasteiger partial charge in [0.25, 0.3) is 0 Å². The fourth-order valence-corrected chi connectivity index (χ4v) is 2.92. The molecule has 0 fully saturated rings. The highest BCUT2D eigenvalue weighted by molar-refractivity contribution is 6.15. The van der Waals surface area contributed by atoms with Crippen molar-refractivity contribution in [2.75, 3.05) is 14.2 Å². The van der Waals surface area contributed by atoms with E-state index in [1.165, 1.54) is 0 Å². The molecule has 0 radical (unpaired) electrons. The van der Waals surface area contributed by atoms with E-state index >= 15 is 0 Å². The molecule has 4 N–H and O–H groups in total. The van der Waals surface area contributed by atoms with Crippen LogP contribution in [0.3, 0.4) is 0 Å². The Hall–Kier alpha value is -3.80. The van der Waals surface area contributed by atoms with Crippen molar-refractivity contribution in [2.24, 2.45) is 21.9 Å². The van der Waals surface area contributed by atoms with Gasteiger partial charge in [-0.3, -0.25) is 0 Å². The molecule has 0 saturated heterocycles. The van der Waals surface area contributed by atoms with E-state index in [0.717, 1.165) is 33.8 Å². The summed E-state index contributed by atoms with van der Waals surface area (Å²) in [7, 11) is 3.26. The minimum Gasteiger partial charge on any atom is -0.497 e. The lowest BCUT2D eigenvalue weighted by Crippen LogP contribution is -2.09. The third-order valence-electron chi connectivity index (χ3n) is 4.42. The lowest BCUT2D eigenvalue weighted by atomic mass is 9.97. The van der Waals surface area contributed by atoms with Crippen LogP contribution < -0.4 is 21.2 Å². The summed E-state index contributed by atoms with van der Waals surface area (Å²) in [5.74, 6) is 12.9. The summed E-state index contributed by atoms with van der Waals surface area (Å²) in [6.45, 7) is 0. The van der Waals surface area contributed by atoms with Crippen LogP contribution in [0.2, 0.25) is 0 Å². The van der Waals surface area contributed by atoms with Gasteiger partial charge < -0.3 is 21.2 Å². The van der Waals surface area contributed by atoms with Crippen molar-refractivity contribution < 1.29 is 9.47 Å². The summed E-state index contributed by atoms with van der Waals surface area (Å²) in [5.41, 5.74) is 4.96. The second-order valence-corrected chi connectivity index (χ2v) is 5.99. The quantitative estimate of drug-likeness (QED) is 0.394. The summed E-state index contributed by atoms with van der Waals surface area (Å²) >= 11 is 0. The van der Waals surface area contributed by atoms with Crippen LogP contribution in [0.15, 0.2) is 83.0 Å². The standard InChI is InChI=1S/C22H22N4O2/c1-27-19-11-7-17(8-12-19)21(25-23)15-3-5-16(6-4-15)22(26-24)18-9-13-20(28-2)14-10-18/h3-14H,23-24H2,1-2H3/b25-21-,26-22+. The molecule has 0 unspecified atom stereocenters. The molecule has 0 saturated carbocycles. The van der Waals surface area contributed by atoms with Gasteiger partial charge in [-0.15, -0.1) is 0 Å². The minimum absolute atomic E-state index is 0.685. The van der Waals surface area contributed by atoms with Crippen LogP contribution in [0, 0.1) is 0 Å². The number of ether oxygens (including phenoxy) is 2. The van der Waals surface area contributed by atoms with Gasteiger partial charge in [0.05, 0.1) is 25.6 Å². The van der Waals surface area contributed by atoms with Gasteiger partial charge in [0.1, 0.15) is 11.5 Å². The summed E-state index contributed by atoms with van der Waals surface area (Å²) in [6, 6.07) is 22.9. The zero-order valence-electron chi connectivity index (χ0n) is 15.8. The number of methoxy groups -OCH3 is 2. The zero-order valence-corrected chi connectivity index (χ0v) is 15.8. The summed E-state index contributed by atoms with van der Waals surface area (Å²) in [4.78, 5) is 0. The number of hydrazone groups is 2. The fourth-order valence-electron chi connectivity index (χ4n) is 2.92. The van der Waals surface area contributed by atoms with Crippen LogP contribution in [0.25, 0.3) is 0 Å². The Bertz CT molecular complexity index is 894. The smallest absolute Gasteiger partial charge is 0.118 e. The highest BCUT2D eigenvalue weighted by Crippen LogP contribution is 2.19. The summed E-state index contributed by atoms with van der Waals surface area (Å²) in [5, 5.41) is 7.93. The Balaban J connectivity index is 1.88. The van der Waals surface area contributed by atoms with Gasteiger partial charge in [-0.1, -0.05) is 24.3 Å².